The van der Waals surface area contributed by atoms with Crippen LogP contribution in [0, 0.1) is 6.92 Å². The van der Waals surface area contributed by atoms with E-state index < -0.39 is 17.4 Å². The smallest absolute Gasteiger partial charge is 0.291 e. The summed E-state index contributed by atoms with van der Waals surface area (Å²) in [5.74, 6) is -0.809. The van der Waals surface area contributed by atoms with Gasteiger partial charge in [-0.25, -0.2) is 4.68 Å². The van der Waals surface area contributed by atoms with Gasteiger partial charge in [0.25, 0.3) is 5.56 Å². The van der Waals surface area contributed by atoms with Crippen LogP contribution < -0.4 is 16.2 Å². The van der Waals surface area contributed by atoms with Gasteiger partial charge < -0.3 is 10.6 Å². The third-order valence-corrected chi connectivity index (χ3v) is 4.31. The number of anilines is 2. The molecule has 3 rings (SSSR count). The van der Waals surface area contributed by atoms with E-state index in [9.17, 15) is 14.4 Å². The molecule has 0 saturated carbocycles. The molecule has 7 nitrogen and oxygen atoms in total. The summed E-state index contributed by atoms with van der Waals surface area (Å²) in [6.07, 6.45) is 0. The van der Waals surface area contributed by atoms with E-state index in [1.165, 1.54) is 13.0 Å². The summed E-state index contributed by atoms with van der Waals surface area (Å²) < 4.78 is 1.03. The molecular formula is C21H19ClN4O3. The quantitative estimate of drug-likeness (QED) is 0.673. The first-order valence-corrected chi connectivity index (χ1v) is 9.22. The van der Waals surface area contributed by atoms with Gasteiger partial charge in [0.1, 0.15) is 12.2 Å². The Balaban J connectivity index is 1.93. The molecule has 1 aromatic heterocycles. The van der Waals surface area contributed by atoms with Crippen molar-refractivity contribution in [2.75, 3.05) is 10.6 Å². The van der Waals surface area contributed by atoms with Crippen LogP contribution in [-0.2, 0) is 16.1 Å². The van der Waals surface area contributed by atoms with Crippen molar-refractivity contribution < 1.29 is 9.59 Å². The van der Waals surface area contributed by atoms with E-state index in [1.54, 1.807) is 36.4 Å². The van der Waals surface area contributed by atoms with Crippen molar-refractivity contribution in [3.05, 3.63) is 75.5 Å². The number of halogens is 1. The Hall–Kier alpha value is -3.45. The fourth-order valence-electron chi connectivity index (χ4n) is 2.66. The Morgan fingerprint density at radius 3 is 2.31 bits per heavy atom. The minimum absolute atomic E-state index is 0.0422. The van der Waals surface area contributed by atoms with Crippen molar-refractivity contribution in [1.82, 2.24) is 9.78 Å². The molecule has 2 aromatic carbocycles. The Labute approximate surface area is 172 Å². The Morgan fingerprint density at radius 1 is 1.03 bits per heavy atom. The van der Waals surface area contributed by atoms with Gasteiger partial charge in [0.05, 0.1) is 5.69 Å². The van der Waals surface area contributed by atoms with E-state index in [0.717, 1.165) is 10.2 Å². The van der Waals surface area contributed by atoms with E-state index in [4.69, 9.17) is 11.6 Å². The van der Waals surface area contributed by atoms with Crippen molar-refractivity contribution in [3.63, 3.8) is 0 Å². The van der Waals surface area contributed by atoms with Crippen LogP contribution in [0.1, 0.15) is 12.5 Å². The number of nitrogens with zero attached hydrogens (tertiary/aromatic N) is 2. The second-order valence-electron chi connectivity index (χ2n) is 6.51. The number of carbonyl (C=O) groups excluding carboxylic acids is 2. The number of nitrogens with one attached hydrogen (secondary N) is 2. The summed E-state index contributed by atoms with van der Waals surface area (Å²) in [7, 11) is 0. The zero-order chi connectivity index (χ0) is 21.0. The highest BCUT2D eigenvalue weighted by molar-refractivity contribution is 6.30. The van der Waals surface area contributed by atoms with Crippen molar-refractivity contribution in [2.45, 2.75) is 20.4 Å². The molecule has 0 aliphatic rings. The van der Waals surface area contributed by atoms with E-state index in [2.05, 4.69) is 15.7 Å². The van der Waals surface area contributed by atoms with Crippen molar-refractivity contribution in [1.29, 1.82) is 0 Å². The summed E-state index contributed by atoms with van der Waals surface area (Å²) in [5.41, 5.74) is 2.26. The molecule has 0 bridgehead atoms. The molecule has 0 aliphatic carbocycles. The maximum atomic E-state index is 12.7. The fourth-order valence-corrected chi connectivity index (χ4v) is 2.79. The molecule has 2 N–H and O–H groups in total. The van der Waals surface area contributed by atoms with Gasteiger partial charge in [-0.05, 0) is 37.3 Å². The molecule has 0 radical (unpaired) electrons. The fraction of sp³-hybridized carbons (Fsp3) is 0.143. The lowest BCUT2D eigenvalue weighted by atomic mass is 10.1. The number of aryl methyl sites for hydroxylation is 1. The monoisotopic (exact) mass is 410 g/mol. The highest BCUT2D eigenvalue weighted by atomic mass is 35.5. The Kier molecular flexibility index (Phi) is 6.09. The van der Waals surface area contributed by atoms with Crippen molar-refractivity contribution in [2.24, 2.45) is 0 Å². The third kappa shape index (κ3) is 5.30. The number of benzene rings is 2. The van der Waals surface area contributed by atoms with Crippen LogP contribution in [0.5, 0.6) is 0 Å². The summed E-state index contributed by atoms with van der Waals surface area (Å²) in [5, 5.41) is 10.1. The number of rotatable bonds is 5. The van der Waals surface area contributed by atoms with Crippen LogP contribution in [0.4, 0.5) is 11.4 Å². The minimum Gasteiger partial charge on any atom is -0.324 e. The first kappa shape index (κ1) is 20.3. The minimum atomic E-state index is -0.572. The van der Waals surface area contributed by atoms with Crippen molar-refractivity contribution in [3.8, 4) is 11.3 Å². The zero-order valence-corrected chi connectivity index (χ0v) is 16.7. The molecule has 8 heteroatoms. The molecule has 0 spiro atoms. The average Bonchev–Trinajstić information content (AvgIpc) is 2.67. The summed E-state index contributed by atoms with van der Waals surface area (Å²) in [6, 6.07) is 15.6. The van der Waals surface area contributed by atoms with Gasteiger partial charge in [-0.3, -0.25) is 14.4 Å². The summed E-state index contributed by atoms with van der Waals surface area (Å²) in [6.45, 7) is 2.94. The summed E-state index contributed by atoms with van der Waals surface area (Å²) in [4.78, 5) is 36.6. The molecule has 29 heavy (non-hydrogen) atoms. The van der Waals surface area contributed by atoms with Gasteiger partial charge in [-0.2, -0.15) is 5.10 Å². The zero-order valence-electron chi connectivity index (χ0n) is 15.9. The largest absolute Gasteiger partial charge is 0.324 e. The van der Waals surface area contributed by atoms with Crippen LogP contribution in [0.25, 0.3) is 11.3 Å². The van der Waals surface area contributed by atoms with E-state index >= 15 is 0 Å². The predicted octanol–water partition coefficient (Wildman–Crippen LogP) is 3.47. The second-order valence-corrected chi connectivity index (χ2v) is 6.94. The normalized spacial score (nSPS) is 10.4. The van der Waals surface area contributed by atoms with Gasteiger partial charge in [0.2, 0.25) is 11.8 Å². The van der Waals surface area contributed by atoms with Crippen LogP contribution >= 0.6 is 11.6 Å². The predicted molar refractivity (Wildman–Crippen MR) is 113 cm³/mol. The Bertz CT molecular complexity index is 1110. The molecule has 0 fully saturated rings. The average molecular weight is 411 g/mol. The second kappa shape index (κ2) is 8.70. The number of carbonyl (C=O) groups is 2. The first-order valence-electron chi connectivity index (χ1n) is 8.84. The number of hydrogen-bond acceptors (Lipinski definition) is 4. The van der Waals surface area contributed by atoms with Crippen LogP contribution in [0.3, 0.4) is 0 Å². The molecule has 0 unspecified atom stereocenters. The molecule has 148 valence electrons. The lowest BCUT2D eigenvalue weighted by Crippen LogP contribution is -2.32. The van der Waals surface area contributed by atoms with Gasteiger partial charge in [-0.15, -0.1) is 0 Å². The standard InChI is InChI=1S/C21H19ClN4O3/c1-13-3-9-17(10-4-13)24-20(28)12-26-21(29)19(23-14(2)27)11-18(25-26)15-5-7-16(22)8-6-15/h3-11H,12H2,1-2H3,(H,23,27)(H,24,28). The van der Waals surface area contributed by atoms with Gasteiger partial charge in [0.15, 0.2) is 0 Å². The highest BCUT2D eigenvalue weighted by Crippen LogP contribution is 2.20. The first-order chi connectivity index (χ1) is 13.8. The SMILES string of the molecule is CC(=O)Nc1cc(-c2ccc(Cl)cc2)nn(CC(=O)Nc2ccc(C)cc2)c1=O. The van der Waals surface area contributed by atoms with Crippen LogP contribution in [0.2, 0.25) is 5.02 Å². The van der Waals surface area contributed by atoms with Gasteiger partial charge in [0, 0.05) is 23.2 Å². The van der Waals surface area contributed by atoms with Crippen LogP contribution in [-0.4, -0.2) is 21.6 Å². The van der Waals surface area contributed by atoms with E-state index in [1.807, 2.05) is 19.1 Å². The maximum absolute atomic E-state index is 12.7. The molecule has 3 aromatic rings. The van der Waals surface area contributed by atoms with E-state index in [0.29, 0.717) is 22.0 Å². The highest BCUT2D eigenvalue weighted by Gasteiger charge is 2.14. The molecular weight excluding hydrogens is 392 g/mol. The van der Waals surface area contributed by atoms with E-state index in [-0.39, 0.29) is 12.2 Å². The number of amides is 2. The molecule has 0 saturated heterocycles. The van der Waals surface area contributed by atoms with Gasteiger partial charge >= 0.3 is 0 Å². The number of aromatic nitrogens is 2. The molecule has 0 aliphatic heterocycles. The van der Waals surface area contributed by atoms with Crippen LogP contribution in [0.15, 0.2) is 59.4 Å². The van der Waals surface area contributed by atoms with Gasteiger partial charge in [-0.1, -0.05) is 41.4 Å². The molecule has 0 atom stereocenters. The number of hydrogen-bond donors (Lipinski definition) is 2. The third-order valence-electron chi connectivity index (χ3n) is 4.05. The topological polar surface area (TPSA) is 93.1 Å². The van der Waals surface area contributed by atoms with Crippen molar-refractivity contribution >= 4 is 34.8 Å². The molecule has 1 heterocycles. The maximum Gasteiger partial charge on any atom is 0.291 e. The Morgan fingerprint density at radius 2 is 1.69 bits per heavy atom. The lowest BCUT2D eigenvalue weighted by molar-refractivity contribution is -0.117. The summed E-state index contributed by atoms with van der Waals surface area (Å²) >= 11 is 5.93. The lowest BCUT2D eigenvalue weighted by Gasteiger charge is -2.11. The molecule has 2 amide bonds.